The van der Waals surface area contributed by atoms with Crippen molar-refractivity contribution in [3.05, 3.63) is 35.4 Å². The van der Waals surface area contributed by atoms with Crippen LogP contribution in [-0.4, -0.2) is 32.1 Å². The van der Waals surface area contributed by atoms with Crippen molar-refractivity contribution < 1.29 is 0 Å². The average molecular weight is 246 g/mol. The van der Waals surface area contributed by atoms with E-state index in [1.165, 1.54) is 24.8 Å². The summed E-state index contributed by atoms with van der Waals surface area (Å²) < 4.78 is 0. The van der Waals surface area contributed by atoms with E-state index in [-0.39, 0.29) is 0 Å². The SMILES string of the molecule is CCNC(CN(C)C)c1ccccc1C1CCC1. The lowest BCUT2D eigenvalue weighted by molar-refractivity contribution is 0.339. The molecule has 1 atom stereocenters. The van der Waals surface area contributed by atoms with E-state index in [1.807, 2.05) is 0 Å². The van der Waals surface area contributed by atoms with Crippen LogP contribution >= 0.6 is 0 Å². The summed E-state index contributed by atoms with van der Waals surface area (Å²) >= 11 is 0. The van der Waals surface area contributed by atoms with Gasteiger partial charge in [0, 0.05) is 12.6 Å². The first-order chi connectivity index (χ1) is 8.72. The van der Waals surface area contributed by atoms with Crippen molar-refractivity contribution in [3.63, 3.8) is 0 Å². The van der Waals surface area contributed by atoms with Crippen molar-refractivity contribution in [1.29, 1.82) is 0 Å². The maximum atomic E-state index is 3.63. The summed E-state index contributed by atoms with van der Waals surface area (Å²) in [5.41, 5.74) is 3.09. The Balaban J connectivity index is 2.22. The van der Waals surface area contributed by atoms with E-state index in [0.29, 0.717) is 6.04 Å². The van der Waals surface area contributed by atoms with Gasteiger partial charge in [-0.15, -0.1) is 0 Å². The molecule has 1 unspecified atom stereocenters. The summed E-state index contributed by atoms with van der Waals surface area (Å²) in [4.78, 5) is 2.27. The summed E-state index contributed by atoms with van der Waals surface area (Å²) in [6.07, 6.45) is 4.15. The van der Waals surface area contributed by atoms with Gasteiger partial charge in [0.15, 0.2) is 0 Å². The molecule has 0 amide bonds. The standard InChI is InChI=1S/C16H26N2/c1-4-17-16(12-18(2)3)15-11-6-5-10-14(15)13-8-7-9-13/h5-6,10-11,13,16-17H,4,7-9,12H2,1-3H3. The minimum atomic E-state index is 0.460. The molecule has 0 saturated heterocycles. The van der Waals surface area contributed by atoms with E-state index < -0.39 is 0 Å². The van der Waals surface area contributed by atoms with Gasteiger partial charge in [-0.3, -0.25) is 0 Å². The van der Waals surface area contributed by atoms with Crippen molar-refractivity contribution in [1.82, 2.24) is 10.2 Å². The third kappa shape index (κ3) is 3.12. The highest BCUT2D eigenvalue weighted by atomic mass is 15.1. The highest BCUT2D eigenvalue weighted by Crippen LogP contribution is 2.39. The fourth-order valence-corrected chi connectivity index (χ4v) is 2.80. The maximum absolute atomic E-state index is 3.63. The smallest absolute Gasteiger partial charge is 0.0451 e. The number of likely N-dealkylation sites (N-methyl/N-ethyl adjacent to an activating group) is 2. The number of hydrogen-bond donors (Lipinski definition) is 1. The van der Waals surface area contributed by atoms with Crippen LogP contribution < -0.4 is 5.32 Å². The van der Waals surface area contributed by atoms with Crippen LogP contribution in [0.2, 0.25) is 0 Å². The Bertz CT molecular complexity index is 369. The Morgan fingerprint density at radius 2 is 2.00 bits per heavy atom. The molecule has 2 heteroatoms. The first kappa shape index (κ1) is 13.6. The van der Waals surface area contributed by atoms with Gasteiger partial charge in [0.05, 0.1) is 0 Å². The van der Waals surface area contributed by atoms with E-state index in [9.17, 15) is 0 Å². The van der Waals surface area contributed by atoms with Crippen LogP contribution in [-0.2, 0) is 0 Å². The van der Waals surface area contributed by atoms with Gasteiger partial charge in [0.1, 0.15) is 0 Å². The summed E-state index contributed by atoms with van der Waals surface area (Å²) in [5.74, 6) is 0.810. The molecule has 100 valence electrons. The van der Waals surface area contributed by atoms with Crippen LogP contribution in [0, 0.1) is 0 Å². The summed E-state index contributed by atoms with van der Waals surface area (Å²) in [6, 6.07) is 9.47. The summed E-state index contributed by atoms with van der Waals surface area (Å²) in [7, 11) is 4.30. The number of nitrogens with zero attached hydrogens (tertiary/aromatic N) is 1. The fraction of sp³-hybridized carbons (Fsp3) is 0.625. The first-order valence-electron chi connectivity index (χ1n) is 7.19. The quantitative estimate of drug-likeness (QED) is 0.829. The Kier molecular flexibility index (Phi) is 4.79. The van der Waals surface area contributed by atoms with Crippen molar-refractivity contribution in [2.45, 2.75) is 38.1 Å². The summed E-state index contributed by atoms with van der Waals surface area (Å²) in [6.45, 7) is 4.28. The Labute approximate surface area is 111 Å². The first-order valence-corrected chi connectivity index (χ1v) is 7.19. The molecular formula is C16H26N2. The van der Waals surface area contributed by atoms with Crippen LogP contribution in [0.15, 0.2) is 24.3 Å². The third-order valence-electron chi connectivity index (χ3n) is 3.91. The molecule has 2 nitrogen and oxygen atoms in total. The molecule has 0 spiro atoms. The van der Waals surface area contributed by atoms with Gasteiger partial charge in [-0.25, -0.2) is 0 Å². The molecule has 0 heterocycles. The maximum Gasteiger partial charge on any atom is 0.0451 e. The van der Waals surface area contributed by atoms with Gasteiger partial charge in [0.2, 0.25) is 0 Å². The van der Waals surface area contributed by atoms with E-state index >= 15 is 0 Å². The number of rotatable bonds is 6. The fourth-order valence-electron chi connectivity index (χ4n) is 2.80. The largest absolute Gasteiger partial charge is 0.309 e. The molecule has 1 fully saturated rings. The molecule has 0 radical (unpaired) electrons. The van der Waals surface area contributed by atoms with E-state index in [2.05, 4.69) is 55.5 Å². The molecule has 1 aliphatic rings. The van der Waals surface area contributed by atoms with Crippen LogP contribution in [0.1, 0.15) is 49.3 Å². The van der Waals surface area contributed by atoms with Gasteiger partial charge in [0.25, 0.3) is 0 Å². The van der Waals surface area contributed by atoms with Gasteiger partial charge in [-0.2, -0.15) is 0 Å². The highest BCUT2D eigenvalue weighted by molar-refractivity contribution is 5.34. The van der Waals surface area contributed by atoms with Gasteiger partial charge in [-0.1, -0.05) is 37.6 Å². The predicted molar refractivity (Wildman–Crippen MR) is 78.0 cm³/mol. The molecule has 2 rings (SSSR count). The zero-order valence-corrected chi connectivity index (χ0v) is 11.9. The Morgan fingerprint density at radius 3 is 2.56 bits per heavy atom. The van der Waals surface area contributed by atoms with Crippen molar-refractivity contribution >= 4 is 0 Å². The second-order valence-electron chi connectivity index (χ2n) is 5.63. The number of benzene rings is 1. The van der Waals surface area contributed by atoms with Gasteiger partial charge >= 0.3 is 0 Å². The molecule has 0 aromatic heterocycles. The normalized spacial score (nSPS) is 17.8. The summed E-state index contributed by atoms with van der Waals surface area (Å²) in [5, 5.41) is 3.63. The molecule has 18 heavy (non-hydrogen) atoms. The second-order valence-corrected chi connectivity index (χ2v) is 5.63. The van der Waals surface area contributed by atoms with Crippen LogP contribution in [0.3, 0.4) is 0 Å². The second kappa shape index (κ2) is 6.35. The lowest BCUT2D eigenvalue weighted by Crippen LogP contribution is -2.32. The van der Waals surface area contributed by atoms with E-state index in [0.717, 1.165) is 19.0 Å². The zero-order valence-electron chi connectivity index (χ0n) is 11.9. The average Bonchev–Trinajstić information content (AvgIpc) is 2.26. The molecule has 1 aromatic rings. The van der Waals surface area contributed by atoms with Crippen molar-refractivity contribution in [2.75, 3.05) is 27.2 Å². The third-order valence-corrected chi connectivity index (χ3v) is 3.91. The molecular weight excluding hydrogens is 220 g/mol. The minimum Gasteiger partial charge on any atom is -0.309 e. The van der Waals surface area contributed by atoms with Gasteiger partial charge in [-0.05, 0) is 50.5 Å². The van der Waals surface area contributed by atoms with Crippen LogP contribution in [0.25, 0.3) is 0 Å². The van der Waals surface area contributed by atoms with E-state index in [1.54, 1.807) is 5.56 Å². The lowest BCUT2D eigenvalue weighted by Gasteiger charge is -2.31. The van der Waals surface area contributed by atoms with Crippen LogP contribution in [0.4, 0.5) is 0 Å². The van der Waals surface area contributed by atoms with E-state index in [4.69, 9.17) is 0 Å². The zero-order chi connectivity index (χ0) is 13.0. The molecule has 0 aliphatic heterocycles. The minimum absolute atomic E-state index is 0.460. The van der Waals surface area contributed by atoms with Gasteiger partial charge < -0.3 is 10.2 Å². The van der Waals surface area contributed by atoms with Crippen LogP contribution in [0.5, 0.6) is 0 Å². The Morgan fingerprint density at radius 1 is 1.28 bits per heavy atom. The van der Waals surface area contributed by atoms with Crippen molar-refractivity contribution in [2.24, 2.45) is 0 Å². The number of nitrogens with one attached hydrogen (secondary N) is 1. The Hall–Kier alpha value is -0.860. The molecule has 1 N–H and O–H groups in total. The number of hydrogen-bond acceptors (Lipinski definition) is 2. The van der Waals surface area contributed by atoms with Crippen molar-refractivity contribution in [3.8, 4) is 0 Å². The topological polar surface area (TPSA) is 15.3 Å². The molecule has 0 bridgehead atoms. The lowest BCUT2D eigenvalue weighted by atomic mass is 9.77. The molecule has 1 aliphatic carbocycles. The highest BCUT2D eigenvalue weighted by Gasteiger charge is 2.24. The monoisotopic (exact) mass is 246 g/mol. The molecule has 1 saturated carbocycles. The predicted octanol–water partition coefficient (Wildman–Crippen LogP) is 3.17. The molecule has 1 aromatic carbocycles.